The predicted octanol–water partition coefficient (Wildman–Crippen LogP) is 1.10. The van der Waals surface area contributed by atoms with E-state index in [2.05, 4.69) is 19.2 Å². The minimum Gasteiger partial charge on any atom is -0.480 e. The molecule has 0 aromatic rings. The second-order valence-electron chi connectivity index (χ2n) is 3.88. The van der Waals surface area contributed by atoms with Crippen LogP contribution in [0.15, 0.2) is 0 Å². The molecule has 0 bridgehead atoms. The first-order chi connectivity index (χ1) is 5.61. The van der Waals surface area contributed by atoms with E-state index in [1.165, 1.54) is 0 Å². The Morgan fingerprint density at radius 3 is 2.50 bits per heavy atom. The van der Waals surface area contributed by atoms with Crippen LogP contribution in [0.25, 0.3) is 0 Å². The molecule has 12 heavy (non-hydrogen) atoms. The number of carbonyl (C=O) groups is 1. The molecule has 2 unspecified atom stereocenters. The predicted molar refractivity (Wildman–Crippen MR) is 47.0 cm³/mol. The van der Waals surface area contributed by atoms with Gasteiger partial charge in [0.05, 0.1) is 0 Å². The lowest BCUT2D eigenvalue weighted by molar-refractivity contribution is -0.140. The summed E-state index contributed by atoms with van der Waals surface area (Å²) in [6.45, 7) is 5.23. The highest BCUT2D eigenvalue weighted by Crippen LogP contribution is 2.21. The van der Waals surface area contributed by atoms with E-state index in [1.54, 1.807) is 0 Å². The molecule has 0 aliphatic carbocycles. The molecule has 70 valence electrons. The molecule has 1 aliphatic rings. The first kappa shape index (κ1) is 9.52. The van der Waals surface area contributed by atoms with Crippen molar-refractivity contribution in [3.63, 3.8) is 0 Å². The normalized spacial score (nSPS) is 30.6. The van der Waals surface area contributed by atoms with E-state index in [9.17, 15) is 4.79 Å². The molecule has 0 radical (unpaired) electrons. The van der Waals surface area contributed by atoms with Crippen molar-refractivity contribution in [3.05, 3.63) is 0 Å². The highest BCUT2D eigenvalue weighted by molar-refractivity contribution is 5.73. The second kappa shape index (κ2) is 3.90. The van der Waals surface area contributed by atoms with Crippen molar-refractivity contribution in [2.24, 2.45) is 11.8 Å². The van der Waals surface area contributed by atoms with Gasteiger partial charge in [-0.1, -0.05) is 13.8 Å². The molecule has 0 aromatic carbocycles. The molecular formula is C9H17NO2. The van der Waals surface area contributed by atoms with Crippen molar-refractivity contribution in [3.8, 4) is 0 Å². The zero-order valence-corrected chi connectivity index (χ0v) is 7.71. The quantitative estimate of drug-likeness (QED) is 0.654. The SMILES string of the molecule is CC(C)C1CCC(C(=O)O)NC1. The average molecular weight is 171 g/mol. The number of nitrogens with one attached hydrogen (secondary N) is 1. The van der Waals surface area contributed by atoms with Gasteiger partial charge in [-0.2, -0.15) is 0 Å². The molecule has 1 fully saturated rings. The Morgan fingerprint density at radius 2 is 2.17 bits per heavy atom. The van der Waals surface area contributed by atoms with Crippen LogP contribution in [0.5, 0.6) is 0 Å². The molecule has 0 saturated carbocycles. The summed E-state index contributed by atoms with van der Waals surface area (Å²) in [4.78, 5) is 10.6. The molecular weight excluding hydrogens is 154 g/mol. The van der Waals surface area contributed by atoms with Crippen LogP contribution >= 0.6 is 0 Å². The molecule has 3 nitrogen and oxygen atoms in total. The smallest absolute Gasteiger partial charge is 0.320 e. The molecule has 1 heterocycles. The molecule has 1 aliphatic heterocycles. The summed E-state index contributed by atoms with van der Waals surface area (Å²) in [7, 11) is 0. The number of aliphatic carboxylic acids is 1. The van der Waals surface area contributed by atoms with Crippen LogP contribution in [0.4, 0.5) is 0 Å². The molecule has 0 spiro atoms. The maximum Gasteiger partial charge on any atom is 0.320 e. The Bertz CT molecular complexity index is 160. The van der Waals surface area contributed by atoms with Gasteiger partial charge in [0.25, 0.3) is 0 Å². The fraction of sp³-hybridized carbons (Fsp3) is 0.889. The summed E-state index contributed by atoms with van der Waals surface area (Å²) in [6.07, 6.45) is 1.82. The molecule has 0 amide bonds. The molecule has 1 rings (SSSR count). The fourth-order valence-electron chi connectivity index (χ4n) is 1.66. The summed E-state index contributed by atoms with van der Waals surface area (Å²) in [5, 5.41) is 11.8. The summed E-state index contributed by atoms with van der Waals surface area (Å²) < 4.78 is 0. The molecule has 1 saturated heterocycles. The van der Waals surface area contributed by atoms with Crippen LogP contribution in [-0.4, -0.2) is 23.7 Å². The number of piperidine rings is 1. The lowest BCUT2D eigenvalue weighted by Crippen LogP contribution is -2.45. The standard InChI is InChI=1S/C9H17NO2/c1-6(2)7-3-4-8(9(11)12)10-5-7/h6-8,10H,3-5H2,1-2H3,(H,11,12). The van der Waals surface area contributed by atoms with E-state index in [1.807, 2.05) is 0 Å². The number of hydrogen-bond acceptors (Lipinski definition) is 2. The number of hydrogen-bond donors (Lipinski definition) is 2. The van der Waals surface area contributed by atoms with Gasteiger partial charge in [0.15, 0.2) is 0 Å². The minimum absolute atomic E-state index is 0.306. The Balaban J connectivity index is 2.34. The highest BCUT2D eigenvalue weighted by atomic mass is 16.4. The van der Waals surface area contributed by atoms with Crippen LogP contribution in [-0.2, 0) is 4.79 Å². The minimum atomic E-state index is -0.711. The van der Waals surface area contributed by atoms with Crippen LogP contribution in [0.3, 0.4) is 0 Å². The number of rotatable bonds is 2. The first-order valence-electron chi connectivity index (χ1n) is 4.57. The zero-order valence-electron chi connectivity index (χ0n) is 7.71. The van der Waals surface area contributed by atoms with Gasteiger partial charge in [-0.05, 0) is 31.2 Å². The van der Waals surface area contributed by atoms with Crippen molar-refractivity contribution in [1.29, 1.82) is 0 Å². The van der Waals surface area contributed by atoms with Gasteiger partial charge in [-0.3, -0.25) is 4.79 Å². The largest absolute Gasteiger partial charge is 0.480 e. The number of carboxylic acids is 1. The van der Waals surface area contributed by atoms with Gasteiger partial charge in [0.2, 0.25) is 0 Å². The summed E-state index contributed by atoms with van der Waals surface area (Å²) in [5.41, 5.74) is 0. The maximum absolute atomic E-state index is 10.6. The monoisotopic (exact) mass is 171 g/mol. The Labute approximate surface area is 73.2 Å². The van der Waals surface area contributed by atoms with Gasteiger partial charge in [-0.15, -0.1) is 0 Å². The van der Waals surface area contributed by atoms with E-state index in [4.69, 9.17) is 5.11 Å². The van der Waals surface area contributed by atoms with Crippen molar-refractivity contribution >= 4 is 5.97 Å². The third kappa shape index (κ3) is 2.21. The van der Waals surface area contributed by atoms with E-state index < -0.39 is 5.97 Å². The maximum atomic E-state index is 10.6. The van der Waals surface area contributed by atoms with Crippen LogP contribution in [0.1, 0.15) is 26.7 Å². The van der Waals surface area contributed by atoms with Gasteiger partial charge >= 0.3 is 5.97 Å². The van der Waals surface area contributed by atoms with Crippen molar-refractivity contribution < 1.29 is 9.90 Å². The lowest BCUT2D eigenvalue weighted by Gasteiger charge is -2.29. The Kier molecular flexibility index (Phi) is 3.09. The molecule has 2 N–H and O–H groups in total. The third-order valence-electron chi connectivity index (χ3n) is 2.69. The van der Waals surface area contributed by atoms with Crippen LogP contribution in [0, 0.1) is 11.8 Å². The van der Waals surface area contributed by atoms with E-state index in [0.717, 1.165) is 19.4 Å². The summed E-state index contributed by atoms with van der Waals surface area (Å²) >= 11 is 0. The highest BCUT2D eigenvalue weighted by Gasteiger charge is 2.26. The van der Waals surface area contributed by atoms with Gasteiger partial charge in [0.1, 0.15) is 6.04 Å². The van der Waals surface area contributed by atoms with Crippen LogP contribution < -0.4 is 5.32 Å². The first-order valence-corrected chi connectivity index (χ1v) is 4.57. The Hall–Kier alpha value is -0.570. The van der Waals surface area contributed by atoms with E-state index >= 15 is 0 Å². The van der Waals surface area contributed by atoms with E-state index in [0.29, 0.717) is 11.8 Å². The summed E-state index contributed by atoms with van der Waals surface area (Å²) in [5.74, 6) is 0.602. The Morgan fingerprint density at radius 1 is 1.50 bits per heavy atom. The van der Waals surface area contributed by atoms with E-state index in [-0.39, 0.29) is 6.04 Å². The zero-order chi connectivity index (χ0) is 9.14. The topological polar surface area (TPSA) is 49.3 Å². The summed E-state index contributed by atoms with van der Waals surface area (Å²) in [6, 6.07) is -0.306. The molecule has 0 aromatic heterocycles. The van der Waals surface area contributed by atoms with Gasteiger partial charge < -0.3 is 10.4 Å². The van der Waals surface area contributed by atoms with Crippen molar-refractivity contribution in [1.82, 2.24) is 5.32 Å². The van der Waals surface area contributed by atoms with Crippen molar-refractivity contribution in [2.75, 3.05) is 6.54 Å². The average Bonchev–Trinajstić information content (AvgIpc) is 2.04. The van der Waals surface area contributed by atoms with Crippen molar-refractivity contribution in [2.45, 2.75) is 32.7 Å². The fourth-order valence-corrected chi connectivity index (χ4v) is 1.66. The number of carboxylic acid groups (broad SMARTS) is 1. The molecule has 3 heteroatoms. The third-order valence-corrected chi connectivity index (χ3v) is 2.69. The van der Waals surface area contributed by atoms with Gasteiger partial charge in [-0.25, -0.2) is 0 Å². The van der Waals surface area contributed by atoms with Crippen LogP contribution in [0.2, 0.25) is 0 Å². The molecule has 2 atom stereocenters. The second-order valence-corrected chi connectivity index (χ2v) is 3.88. The lowest BCUT2D eigenvalue weighted by atomic mass is 9.86. The van der Waals surface area contributed by atoms with Gasteiger partial charge in [0, 0.05) is 0 Å².